The fourth-order valence-electron chi connectivity index (χ4n) is 2.19. The molecule has 0 fully saturated rings. The molecule has 0 aromatic heterocycles. The third-order valence-corrected chi connectivity index (χ3v) is 2.95. The molecule has 0 spiro atoms. The molecular formula is C13H17NO2. The number of hydrogen-bond acceptors (Lipinski definition) is 3. The molecule has 2 N–H and O–H groups in total. The second-order valence-electron chi connectivity index (χ2n) is 4.05. The van der Waals surface area contributed by atoms with Gasteiger partial charge in [0.25, 0.3) is 0 Å². The molecule has 86 valence electrons. The zero-order chi connectivity index (χ0) is 11.7. The Morgan fingerprint density at radius 2 is 2.06 bits per heavy atom. The minimum atomic E-state index is 0.0637. The molecule has 0 heterocycles. The third-order valence-electron chi connectivity index (χ3n) is 2.95. The summed E-state index contributed by atoms with van der Waals surface area (Å²) >= 11 is 0. The second-order valence-corrected chi connectivity index (χ2v) is 4.05. The van der Waals surface area contributed by atoms with E-state index in [9.17, 15) is 0 Å². The molecule has 0 bridgehead atoms. The first-order valence-corrected chi connectivity index (χ1v) is 5.35. The van der Waals surface area contributed by atoms with Crippen molar-refractivity contribution in [2.24, 2.45) is 5.73 Å². The monoisotopic (exact) mass is 219 g/mol. The van der Waals surface area contributed by atoms with Gasteiger partial charge in [0.05, 0.1) is 14.2 Å². The van der Waals surface area contributed by atoms with Gasteiger partial charge in [0, 0.05) is 17.2 Å². The summed E-state index contributed by atoms with van der Waals surface area (Å²) in [5, 5.41) is 0. The fourth-order valence-corrected chi connectivity index (χ4v) is 2.19. The normalized spacial score (nSPS) is 18.1. The molecule has 3 heteroatoms. The van der Waals surface area contributed by atoms with Crippen LogP contribution in [0, 0.1) is 6.92 Å². The van der Waals surface area contributed by atoms with Crippen LogP contribution in [0.2, 0.25) is 0 Å². The Labute approximate surface area is 95.9 Å². The van der Waals surface area contributed by atoms with E-state index < -0.39 is 0 Å². The summed E-state index contributed by atoms with van der Waals surface area (Å²) in [5.74, 6) is 1.81. The van der Waals surface area contributed by atoms with Crippen LogP contribution in [0.1, 0.15) is 16.7 Å². The summed E-state index contributed by atoms with van der Waals surface area (Å²) in [6.45, 7) is 2.02. The number of methoxy groups -OCH3 is 2. The van der Waals surface area contributed by atoms with Gasteiger partial charge in [0.2, 0.25) is 0 Å². The van der Waals surface area contributed by atoms with Crippen LogP contribution >= 0.6 is 0 Å². The maximum Gasteiger partial charge on any atom is 0.129 e. The standard InChI is InChI=1S/C13H17NO2/c1-8-6-12(15-2)11-7-9(14)4-5-10(11)13(8)16-3/h4-6,9H,7,14H2,1-3H3/t9-/m0/s1. The second kappa shape index (κ2) is 4.18. The molecule has 1 aromatic carbocycles. The maximum absolute atomic E-state index is 5.92. The molecule has 1 aliphatic rings. The molecule has 1 aliphatic carbocycles. The molecule has 3 nitrogen and oxygen atoms in total. The van der Waals surface area contributed by atoms with Crippen LogP contribution in [0.3, 0.4) is 0 Å². The van der Waals surface area contributed by atoms with E-state index in [1.54, 1.807) is 14.2 Å². The van der Waals surface area contributed by atoms with Gasteiger partial charge in [0.1, 0.15) is 11.5 Å². The van der Waals surface area contributed by atoms with Crippen molar-refractivity contribution in [3.05, 3.63) is 28.8 Å². The van der Waals surface area contributed by atoms with Crippen molar-refractivity contribution in [2.45, 2.75) is 19.4 Å². The molecular weight excluding hydrogens is 202 g/mol. The zero-order valence-electron chi connectivity index (χ0n) is 9.91. The Balaban J connectivity index is 2.65. The topological polar surface area (TPSA) is 44.5 Å². The molecule has 1 aromatic rings. The predicted octanol–water partition coefficient (Wildman–Crippen LogP) is 1.91. The average molecular weight is 219 g/mol. The summed E-state index contributed by atoms with van der Waals surface area (Å²) in [5.41, 5.74) is 9.24. The lowest BCUT2D eigenvalue weighted by Crippen LogP contribution is -2.23. The Bertz CT molecular complexity index is 438. The van der Waals surface area contributed by atoms with E-state index in [2.05, 4.69) is 0 Å². The van der Waals surface area contributed by atoms with E-state index in [4.69, 9.17) is 15.2 Å². The van der Waals surface area contributed by atoms with Crippen molar-refractivity contribution in [1.29, 1.82) is 0 Å². The lowest BCUT2D eigenvalue weighted by atomic mass is 9.91. The maximum atomic E-state index is 5.92. The lowest BCUT2D eigenvalue weighted by molar-refractivity contribution is 0.394. The van der Waals surface area contributed by atoms with Gasteiger partial charge < -0.3 is 15.2 Å². The van der Waals surface area contributed by atoms with E-state index in [1.165, 1.54) is 0 Å². The van der Waals surface area contributed by atoms with Gasteiger partial charge >= 0.3 is 0 Å². The molecule has 0 unspecified atom stereocenters. The highest BCUT2D eigenvalue weighted by Crippen LogP contribution is 2.37. The number of aryl methyl sites for hydroxylation is 1. The van der Waals surface area contributed by atoms with Crippen LogP contribution in [0.15, 0.2) is 12.1 Å². The molecule has 0 aliphatic heterocycles. The van der Waals surface area contributed by atoms with Gasteiger partial charge in [-0.25, -0.2) is 0 Å². The van der Waals surface area contributed by atoms with Crippen molar-refractivity contribution >= 4 is 6.08 Å². The van der Waals surface area contributed by atoms with Gasteiger partial charge in [-0.3, -0.25) is 0 Å². The van der Waals surface area contributed by atoms with Crippen molar-refractivity contribution in [1.82, 2.24) is 0 Å². The third kappa shape index (κ3) is 1.67. The van der Waals surface area contributed by atoms with Crippen LogP contribution in [0.25, 0.3) is 6.08 Å². The van der Waals surface area contributed by atoms with E-state index >= 15 is 0 Å². The SMILES string of the molecule is COc1cc(C)c(OC)c2c1C[C@@H](N)C=C2. The van der Waals surface area contributed by atoms with Gasteiger partial charge in [-0.1, -0.05) is 12.2 Å². The highest BCUT2D eigenvalue weighted by molar-refractivity contribution is 5.69. The molecule has 0 saturated heterocycles. The van der Waals surface area contributed by atoms with Gasteiger partial charge in [-0.15, -0.1) is 0 Å². The summed E-state index contributed by atoms with van der Waals surface area (Å²) in [7, 11) is 3.38. The van der Waals surface area contributed by atoms with Crippen molar-refractivity contribution in [3.63, 3.8) is 0 Å². The summed E-state index contributed by atoms with van der Waals surface area (Å²) in [6, 6.07) is 2.07. The van der Waals surface area contributed by atoms with Crippen molar-refractivity contribution in [3.8, 4) is 11.5 Å². The zero-order valence-corrected chi connectivity index (χ0v) is 9.91. The van der Waals surface area contributed by atoms with E-state index in [0.717, 1.165) is 34.6 Å². The van der Waals surface area contributed by atoms with Crippen LogP contribution in [-0.2, 0) is 6.42 Å². The number of hydrogen-bond donors (Lipinski definition) is 1. The van der Waals surface area contributed by atoms with Gasteiger partial charge in [-0.2, -0.15) is 0 Å². The van der Waals surface area contributed by atoms with Crippen LogP contribution in [0.4, 0.5) is 0 Å². The quantitative estimate of drug-likeness (QED) is 0.826. The highest BCUT2D eigenvalue weighted by Gasteiger charge is 2.20. The molecule has 0 amide bonds. The number of rotatable bonds is 2. The fraction of sp³-hybridized carbons (Fsp3) is 0.385. The Morgan fingerprint density at radius 1 is 1.31 bits per heavy atom. The first-order valence-electron chi connectivity index (χ1n) is 5.35. The largest absolute Gasteiger partial charge is 0.496 e. The minimum Gasteiger partial charge on any atom is -0.496 e. The summed E-state index contributed by atoms with van der Waals surface area (Å²) < 4.78 is 10.8. The van der Waals surface area contributed by atoms with E-state index in [0.29, 0.717) is 0 Å². The lowest BCUT2D eigenvalue weighted by Gasteiger charge is -2.22. The highest BCUT2D eigenvalue weighted by atomic mass is 16.5. The Morgan fingerprint density at radius 3 is 2.69 bits per heavy atom. The Hall–Kier alpha value is -1.48. The van der Waals surface area contributed by atoms with Crippen LogP contribution in [-0.4, -0.2) is 20.3 Å². The molecule has 2 rings (SSSR count). The van der Waals surface area contributed by atoms with Gasteiger partial charge in [0.15, 0.2) is 0 Å². The van der Waals surface area contributed by atoms with E-state index in [-0.39, 0.29) is 6.04 Å². The number of ether oxygens (including phenoxy) is 2. The predicted molar refractivity (Wildman–Crippen MR) is 65.0 cm³/mol. The number of fused-ring (bicyclic) bond motifs is 1. The smallest absolute Gasteiger partial charge is 0.129 e. The van der Waals surface area contributed by atoms with Crippen molar-refractivity contribution < 1.29 is 9.47 Å². The molecule has 0 radical (unpaired) electrons. The molecule has 16 heavy (non-hydrogen) atoms. The summed E-state index contributed by atoms with van der Waals surface area (Å²) in [4.78, 5) is 0. The minimum absolute atomic E-state index is 0.0637. The first-order chi connectivity index (χ1) is 7.67. The van der Waals surface area contributed by atoms with Gasteiger partial charge in [-0.05, 0) is 25.0 Å². The molecule has 1 atom stereocenters. The molecule has 0 saturated carbocycles. The van der Waals surface area contributed by atoms with E-state index in [1.807, 2.05) is 25.1 Å². The number of nitrogens with two attached hydrogens (primary N) is 1. The van der Waals surface area contributed by atoms with Crippen LogP contribution in [0.5, 0.6) is 11.5 Å². The summed E-state index contributed by atoms with van der Waals surface area (Å²) in [6.07, 6.45) is 4.83. The van der Waals surface area contributed by atoms with Crippen molar-refractivity contribution in [2.75, 3.05) is 14.2 Å². The number of benzene rings is 1. The first kappa shape index (κ1) is 11.0. The average Bonchev–Trinajstić information content (AvgIpc) is 2.28. The Kier molecular flexibility index (Phi) is 2.88. The van der Waals surface area contributed by atoms with Crippen LogP contribution < -0.4 is 15.2 Å².